The van der Waals surface area contributed by atoms with Crippen molar-refractivity contribution in [3.63, 3.8) is 0 Å². The first-order chi connectivity index (χ1) is 15.2. The number of carbonyl (C=O) groups excluding carboxylic acids is 1. The zero-order chi connectivity index (χ0) is 23.3. The van der Waals surface area contributed by atoms with E-state index in [4.69, 9.17) is 16.3 Å². The topological polar surface area (TPSA) is 75.7 Å². The van der Waals surface area contributed by atoms with E-state index in [0.29, 0.717) is 16.5 Å². The predicted molar refractivity (Wildman–Crippen MR) is 127 cm³/mol. The van der Waals surface area contributed by atoms with Crippen LogP contribution in [-0.4, -0.2) is 28.0 Å². The van der Waals surface area contributed by atoms with Gasteiger partial charge in [-0.1, -0.05) is 41.4 Å². The molecule has 0 saturated carbocycles. The third-order valence-electron chi connectivity index (χ3n) is 5.00. The van der Waals surface area contributed by atoms with E-state index in [2.05, 4.69) is 5.32 Å². The summed E-state index contributed by atoms with van der Waals surface area (Å²) in [6, 6.07) is 19.8. The number of ether oxygens (including phenoxy) is 1. The zero-order valence-electron chi connectivity index (χ0n) is 18.1. The van der Waals surface area contributed by atoms with Crippen molar-refractivity contribution >= 4 is 33.2 Å². The van der Waals surface area contributed by atoms with Gasteiger partial charge in [0.2, 0.25) is 5.91 Å². The van der Waals surface area contributed by atoms with Gasteiger partial charge in [0.05, 0.1) is 23.7 Å². The van der Waals surface area contributed by atoms with Crippen molar-refractivity contribution in [2.24, 2.45) is 0 Å². The van der Waals surface area contributed by atoms with E-state index in [9.17, 15) is 13.2 Å². The number of nitrogens with zero attached hydrogens (tertiary/aromatic N) is 1. The number of benzene rings is 3. The van der Waals surface area contributed by atoms with Gasteiger partial charge < -0.3 is 10.1 Å². The van der Waals surface area contributed by atoms with Gasteiger partial charge in [0.15, 0.2) is 0 Å². The van der Waals surface area contributed by atoms with Crippen LogP contribution in [0.2, 0.25) is 5.02 Å². The maximum atomic E-state index is 13.4. The van der Waals surface area contributed by atoms with Crippen molar-refractivity contribution in [1.29, 1.82) is 0 Å². The molecular formula is C24H25ClN2O4S. The number of aryl methyl sites for hydroxylation is 1. The predicted octanol–water partition coefficient (Wildman–Crippen LogP) is 4.73. The molecule has 0 radical (unpaired) electrons. The molecule has 3 aromatic carbocycles. The fourth-order valence-corrected chi connectivity index (χ4v) is 4.70. The molecule has 0 saturated heterocycles. The van der Waals surface area contributed by atoms with Gasteiger partial charge in [0, 0.05) is 5.02 Å². The molecule has 0 aliphatic heterocycles. The highest BCUT2D eigenvalue weighted by Crippen LogP contribution is 2.26. The Balaban J connectivity index is 1.87. The Morgan fingerprint density at radius 1 is 1.00 bits per heavy atom. The van der Waals surface area contributed by atoms with Crippen LogP contribution in [0.5, 0.6) is 5.75 Å². The second-order valence-corrected chi connectivity index (χ2v) is 9.66. The summed E-state index contributed by atoms with van der Waals surface area (Å²) in [4.78, 5) is 12.9. The quantitative estimate of drug-likeness (QED) is 0.514. The molecule has 0 bridgehead atoms. The Kier molecular flexibility index (Phi) is 7.43. The first-order valence-electron chi connectivity index (χ1n) is 9.99. The zero-order valence-corrected chi connectivity index (χ0v) is 19.7. The maximum Gasteiger partial charge on any atom is 0.264 e. The molecule has 168 valence electrons. The van der Waals surface area contributed by atoms with Crippen LogP contribution in [0.25, 0.3) is 0 Å². The molecule has 0 heterocycles. The number of hydrogen-bond donors (Lipinski definition) is 1. The molecule has 0 aliphatic carbocycles. The minimum absolute atomic E-state index is 0.0487. The Morgan fingerprint density at radius 3 is 2.16 bits per heavy atom. The van der Waals surface area contributed by atoms with Crippen LogP contribution >= 0.6 is 11.6 Å². The molecule has 3 aromatic rings. The van der Waals surface area contributed by atoms with Gasteiger partial charge in [-0.05, 0) is 67.9 Å². The Morgan fingerprint density at radius 2 is 1.59 bits per heavy atom. The Bertz CT molecular complexity index is 1160. The van der Waals surface area contributed by atoms with E-state index in [1.54, 1.807) is 36.4 Å². The minimum Gasteiger partial charge on any atom is -0.497 e. The molecule has 0 aromatic heterocycles. The van der Waals surface area contributed by atoms with Crippen LogP contribution < -0.4 is 14.4 Å². The van der Waals surface area contributed by atoms with Gasteiger partial charge in [-0.15, -0.1) is 0 Å². The SMILES string of the molecule is COc1ccc(S(=O)(=O)N(CC(=O)N[C@@H](C)c2ccc(C)cc2)c2ccc(Cl)cc2)cc1. The Hall–Kier alpha value is -3.03. The van der Waals surface area contributed by atoms with E-state index in [0.717, 1.165) is 15.4 Å². The molecule has 6 nitrogen and oxygen atoms in total. The summed E-state index contributed by atoms with van der Waals surface area (Å²) in [6.45, 7) is 3.46. The number of methoxy groups -OCH3 is 1. The molecule has 0 fully saturated rings. The van der Waals surface area contributed by atoms with Crippen molar-refractivity contribution in [3.8, 4) is 5.75 Å². The van der Waals surface area contributed by atoms with Gasteiger partial charge in [-0.3, -0.25) is 9.10 Å². The van der Waals surface area contributed by atoms with Crippen LogP contribution in [0.1, 0.15) is 24.1 Å². The number of anilines is 1. The van der Waals surface area contributed by atoms with Crippen LogP contribution in [0.15, 0.2) is 77.7 Å². The highest BCUT2D eigenvalue weighted by Gasteiger charge is 2.28. The second kappa shape index (κ2) is 10.1. The molecule has 0 spiro atoms. The molecule has 0 aliphatic rings. The summed E-state index contributed by atoms with van der Waals surface area (Å²) in [7, 11) is -2.52. The first-order valence-corrected chi connectivity index (χ1v) is 11.8. The summed E-state index contributed by atoms with van der Waals surface area (Å²) >= 11 is 5.97. The summed E-state index contributed by atoms with van der Waals surface area (Å²) in [5.41, 5.74) is 2.38. The molecule has 8 heteroatoms. The average molecular weight is 473 g/mol. The van der Waals surface area contributed by atoms with Gasteiger partial charge >= 0.3 is 0 Å². The summed E-state index contributed by atoms with van der Waals surface area (Å²) in [6.07, 6.45) is 0. The number of hydrogen-bond acceptors (Lipinski definition) is 4. The third kappa shape index (κ3) is 5.60. The molecule has 1 atom stereocenters. The molecule has 1 amide bonds. The maximum absolute atomic E-state index is 13.4. The van der Waals surface area contributed by atoms with Gasteiger partial charge in [-0.2, -0.15) is 0 Å². The second-order valence-electron chi connectivity index (χ2n) is 7.36. The van der Waals surface area contributed by atoms with Gasteiger partial charge in [-0.25, -0.2) is 8.42 Å². The van der Waals surface area contributed by atoms with Crippen molar-refractivity contribution in [3.05, 3.63) is 88.9 Å². The van der Waals surface area contributed by atoms with E-state index < -0.39 is 15.9 Å². The van der Waals surface area contributed by atoms with E-state index in [1.165, 1.54) is 19.2 Å². The fraction of sp³-hybridized carbons (Fsp3) is 0.208. The average Bonchev–Trinajstić information content (AvgIpc) is 2.78. The number of carbonyl (C=O) groups is 1. The highest BCUT2D eigenvalue weighted by molar-refractivity contribution is 7.92. The number of nitrogens with one attached hydrogen (secondary N) is 1. The van der Waals surface area contributed by atoms with Gasteiger partial charge in [0.25, 0.3) is 10.0 Å². The van der Waals surface area contributed by atoms with E-state index in [-0.39, 0.29) is 17.5 Å². The lowest BCUT2D eigenvalue weighted by molar-refractivity contribution is -0.120. The molecule has 1 N–H and O–H groups in total. The molecule has 32 heavy (non-hydrogen) atoms. The smallest absolute Gasteiger partial charge is 0.264 e. The van der Waals surface area contributed by atoms with Crippen LogP contribution in [0, 0.1) is 6.92 Å². The van der Waals surface area contributed by atoms with E-state index >= 15 is 0 Å². The lowest BCUT2D eigenvalue weighted by Crippen LogP contribution is -2.41. The monoisotopic (exact) mass is 472 g/mol. The Labute approximate surface area is 193 Å². The van der Waals surface area contributed by atoms with Crippen molar-refractivity contribution in [2.45, 2.75) is 24.8 Å². The van der Waals surface area contributed by atoms with Crippen LogP contribution in [0.3, 0.4) is 0 Å². The van der Waals surface area contributed by atoms with Crippen LogP contribution in [-0.2, 0) is 14.8 Å². The van der Waals surface area contributed by atoms with E-state index in [1.807, 2.05) is 38.1 Å². The first kappa shape index (κ1) is 23.6. The number of halogens is 1. The molecular weight excluding hydrogens is 448 g/mol. The third-order valence-corrected chi connectivity index (χ3v) is 7.04. The van der Waals surface area contributed by atoms with Crippen LogP contribution in [0.4, 0.5) is 5.69 Å². The molecule has 0 unspecified atom stereocenters. The number of sulfonamides is 1. The highest BCUT2D eigenvalue weighted by atomic mass is 35.5. The van der Waals surface area contributed by atoms with Crippen molar-refractivity contribution in [1.82, 2.24) is 5.32 Å². The number of amides is 1. The number of rotatable bonds is 8. The molecule has 3 rings (SSSR count). The largest absolute Gasteiger partial charge is 0.497 e. The summed E-state index contributed by atoms with van der Waals surface area (Å²) in [5.74, 6) is 0.108. The standard InChI is InChI=1S/C24H25ClN2O4S/c1-17-4-6-19(7-5-17)18(2)26-24(28)16-27(21-10-8-20(25)9-11-21)32(29,30)23-14-12-22(31-3)13-15-23/h4-15,18H,16H2,1-3H3,(H,26,28)/t18-/m0/s1. The lowest BCUT2D eigenvalue weighted by atomic mass is 10.1. The summed E-state index contributed by atoms with van der Waals surface area (Å²) in [5, 5.41) is 3.34. The van der Waals surface area contributed by atoms with Crippen molar-refractivity contribution in [2.75, 3.05) is 18.0 Å². The fourth-order valence-electron chi connectivity index (χ4n) is 3.15. The van der Waals surface area contributed by atoms with Crippen molar-refractivity contribution < 1.29 is 17.9 Å². The minimum atomic E-state index is -4.02. The summed E-state index contributed by atoms with van der Waals surface area (Å²) < 4.78 is 33.0. The van der Waals surface area contributed by atoms with Gasteiger partial charge in [0.1, 0.15) is 12.3 Å². The lowest BCUT2D eigenvalue weighted by Gasteiger charge is -2.25. The normalized spacial score (nSPS) is 12.1.